The van der Waals surface area contributed by atoms with E-state index >= 15 is 0 Å². The Morgan fingerprint density at radius 1 is 1.19 bits per heavy atom. The van der Waals surface area contributed by atoms with Gasteiger partial charge in [0.1, 0.15) is 6.10 Å². The van der Waals surface area contributed by atoms with Gasteiger partial charge in [-0.3, -0.25) is 4.79 Å². The number of hydrogen-bond donors (Lipinski definition) is 4. The molecule has 4 N–H and O–H groups in total. The molecule has 14 heteroatoms. The van der Waals surface area contributed by atoms with Gasteiger partial charge in [0.05, 0.1) is 30.1 Å². The van der Waals surface area contributed by atoms with Gasteiger partial charge in [0.2, 0.25) is 5.91 Å². The number of aliphatic hydroxyl groups is 2. The molecular weight excluding hydrogens is 478 g/mol. The van der Waals surface area contributed by atoms with Crippen molar-refractivity contribution in [3.8, 4) is 17.5 Å². The Balaban J connectivity index is 1.31. The van der Waals surface area contributed by atoms with Crippen molar-refractivity contribution in [3.63, 3.8) is 0 Å². The first-order valence-corrected chi connectivity index (χ1v) is 12.3. The van der Waals surface area contributed by atoms with Gasteiger partial charge < -0.3 is 25.4 Å². The van der Waals surface area contributed by atoms with Crippen molar-refractivity contribution >= 4 is 22.9 Å². The zero-order valence-electron chi connectivity index (χ0n) is 19.9. The molecule has 0 radical (unpaired) electrons. The molecule has 3 aliphatic rings. The van der Waals surface area contributed by atoms with Gasteiger partial charge in [0.25, 0.3) is 5.95 Å². The van der Waals surface area contributed by atoms with Crippen LogP contribution in [0.2, 0.25) is 0 Å². The van der Waals surface area contributed by atoms with Crippen molar-refractivity contribution in [2.24, 2.45) is 17.3 Å². The maximum atomic E-state index is 12.6. The van der Waals surface area contributed by atoms with Crippen molar-refractivity contribution in [2.75, 3.05) is 18.9 Å². The predicted octanol–water partition coefficient (Wildman–Crippen LogP) is -0.285. The van der Waals surface area contributed by atoms with E-state index in [1.54, 1.807) is 35.6 Å². The largest absolute Gasteiger partial charge is 0.389 e. The van der Waals surface area contributed by atoms with Crippen LogP contribution in [0.25, 0.3) is 28.6 Å². The van der Waals surface area contributed by atoms with Crippen molar-refractivity contribution in [3.05, 3.63) is 31.0 Å². The van der Waals surface area contributed by atoms with Crippen LogP contribution >= 0.6 is 0 Å². The Kier molecular flexibility index (Phi) is 4.78. The summed E-state index contributed by atoms with van der Waals surface area (Å²) in [6.45, 7) is 0.756. The van der Waals surface area contributed by atoms with E-state index in [4.69, 9.17) is 4.98 Å². The quantitative estimate of drug-likeness (QED) is 0.260. The number of carbonyl (C=O) groups is 1. The molecule has 3 fully saturated rings. The van der Waals surface area contributed by atoms with E-state index in [9.17, 15) is 15.0 Å². The number of nitrogens with zero attached hydrogens (tertiary/aromatic N) is 9. The number of rotatable bonds is 7. The van der Waals surface area contributed by atoms with Gasteiger partial charge in [-0.1, -0.05) is 5.21 Å². The second-order valence-electron chi connectivity index (χ2n) is 10.00. The molecule has 0 aliphatic heterocycles. The van der Waals surface area contributed by atoms with E-state index in [1.807, 2.05) is 0 Å². The Morgan fingerprint density at radius 3 is 2.76 bits per heavy atom. The first-order chi connectivity index (χ1) is 18.0. The van der Waals surface area contributed by atoms with Gasteiger partial charge >= 0.3 is 0 Å². The summed E-state index contributed by atoms with van der Waals surface area (Å²) in [4.78, 5) is 35.0. The first kappa shape index (κ1) is 22.2. The second kappa shape index (κ2) is 7.98. The van der Waals surface area contributed by atoms with Crippen molar-refractivity contribution < 1.29 is 15.0 Å². The zero-order valence-corrected chi connectivity index (χ0v) is 19.9. The molecule has 0 saturated heterocycles. The number of fused-ring (bicyclic) bond motifs is 2. The van der Waals surface area contributed by atoms with Crippen LogP contribution in [-0.2, 0) is 4.79 Å². The zero-order chi connectivity index (χ0) is 25.3. The summed E-state index contributed by atoms with van der Waals surface area (Å²) in [5, 5.41) is 36.2. The maximum Gasteiger partial charge on any atom is 0.256 e. The minimum absolute atomic E-state index is 0.246. The average molecular weight is 504 g/mol. The van der Waals surface area contributed by atoms with E-state index < -0.39 is 23.7 Å². The van der Waals surface area contributed by atoms with Crippen molar-refractivity contribution in [1.82, 2.24) is 49.8 Å². The van der Waals surface area contributed by atoms with Gasteiger partial charge in [-0.25, -0.2) is 15.0 Å². The number of imidazole rings is 1. The van der Waals surface area contributed by atoms with Crippen LogP contribution < -0.4 is 10.6 Å². The Hall–Kier alpha value is -4.04. The third-order valence-corrected chi connectivity index (χ3v) is 7.80. The topological polar surface area (TPSA) is 182 Å². The molecule has 3 saturated carbocycles. The van der Waals surface area contributed by atoms with Crippen LogP contribution in [0.1, 0.15) is 25.3 Å². The molecule has 4 heterocycles. The molecule has 0 aromatic carbocycles. The van der Waals surface area contributed by atoms with Crippen LogP contribution in [0.4, 0.5) is 5.82 Å². The Labute approximate surface area is 210 Å². The molecule has 1 amide bonds. The molecule has 190 valence electrons. The number of hydrogen-bond acceptors (Lipinski definition) is 11. The fraction of sp³-hybridized carbons (Fsp3) is 0.478. The van der Waals surface area contributed by atoms with E-state index in [0.29, 0.717) is 40.8 Å². The molecule has 5 atom stereocenters. The van der Waals surface area contributed by atoms with E-state index in [-0.39, 0.29) is 17.8 Å². The maximum absolute atomic E-state index is 12.6. The van der Waals surface area contributed by atoms with Crippen molar-refractivity contribution in [2.45, 2.75) is 37.5 Å². The summed E-state index contributed by atoms with van der Waals surface area (Å²) in [5.74, 6) is 1.30. The second-order valence-corrected chi connectivity index (χ2v) is 10.00. The summed E-state index contributed by atoms with van der Waals surface area (Å²) < 4.78 is 3.19. The molecule has 0 bridgehead atoms. The van der Waals surface area contributed by atoms with E-state index in [2.05, 4.69) is 40.9 Å². The lowest BCUT2D eigenvalue weighted by Crippen LogP contribution is -2.41. The molecule has 0 spiro atoms. The Bertz CT molecular complexity index is 1500. The lowest BCUT2D eigenvalue weighted by molar-refractivity contribution is -0.132. The summed E-state index contributed by atoms with van der Waals surface area (Å²) >= 11 is 0. The molecule has 3 aliphatic carbocycles. The minimum atomic E-state index is -1.18. The van der Waals surface area contributed by atoms with Crippen LogP contribution in [0.5, 0.6) is 0 Å². The fourth-order valence-electron chi connectivity index (χ4n) is 5.59. The van der Waals surface area contributed by atoms with E-state index in [0.717, 1.165) is 6.54 Å². The van der Waals surface area contributed by atoms with Gasteiger partial charge in [-0.2, -0.15) is 14.6 Å². The summed E-state index contributed by atoms with van der Waals surface area (Å²) in [5.41, 5.74) is 0.463. The van der Waals surface area contributed by atoms with Crippen LogP contribution in [-0.4, -0.2) is 86.4 Å². The molecule has 4 aromatic rings. The lowest BCUT2D eigenvalue weighted by Gasteiger charge is -2.23. The summed E-state index contributed by atoms with van der Waals surface area (Å²) in [6, 6.07) is 1.15. The molecule has 37 heavy (non-hydrogen) atoms. The summed E-state index contributed by atoms with van der Waals surface area (Å²) in [6.07, 6.45) is 6.97. The standard InChI is InChI=1S/C23H25N11O3/c1-24-21(37)23-7-12(23)15(16(35)17(23)36)33-10-28-14-19(27-8-11-3-4-11)29-22(30-20(14)33)34-9-13(31-32-34)18-25-5-2-6-26-18/h2,5-6,9-12,15-17,35-36H,3-4,7-8H2,1H3,(H,24,37)(H,27,29,30)/t12-,15-,16-,17?,23-/m1/s1. The number of anilines is 1. The average Bonchev–Trinajstić information content (AvgIpc) is 3.77. The lowest BCUT2D eigenvalue weighted by atomic mass is 9.98. The number of aliphatic hydroxyl groups excluding tert-OH is 2. The monoisotopic (exact) mass is 503 g/mol. The van der Waals surface area contributed by atoms with Gasteiger partial charge in [0.15, 0.2) is 28.5 Å². The number of aromatic nitrogens is 9. The third kappa shape index (κ3) is 3.32. The highest BCUT2D eigenvalue weighted by Gasteiger charge is 2.75. The van der Waals surface area contributed by atoms with Crippen LogP contribution in [0.3, 0.4) is 0 Å². The van der Waals surface area contributed by atoms with Gasteiger partial charge in [-0.05, 0) is 31.2 Å². The third-order valence-electron chi connectivity index (χ3n) is 7.80. The number of carbonyl (C=O) groups excluding carboxylic acids is 1. The van der Waals surface area contributed by atoms with Crippen molar-refractivity contribution in [1.29, 1.82) is 0 Å². The van der Waals surface area contributed by atoms with Gasteiger partial charge in [-0.15, -0.1) is 5.10 Å². The highest BCUT2D eigenvalue weighted by atomic mass is 16.3. The molecular formula is C23H25N11O3. The van der Waals surface area contributed by atoms with Gasteiger partial charge in [0, 0.05) is 31.9 Å². The fourth-order valence-corrected chi connectivity index (χ4v) is 5.59. The molecule has 1 unspecified atom stereocenters. The minimum Gasteiger partial charge on any atom is -0.389 e. The van der Waals surface area contributed by atoms with Crippen LogP contribution in [0, 0.1) is 17.3 Å². The predicted molar refractivity (Wildman–Crippen MR) is 128 cm³/mol. The number of nitrogens with one attached hydrogen (secondary N) is 2. The Morgan fingerprint density at radius 2 is 2.00 bits per heavy atom. The SMILES string of the molecule is CNC(=O)[C@]12C[C@@H]1[C@@H](n1cnc3c(NCC4CC4)nc(-n4cc(-c5ncccn5)nn4)nc31)[C@@H](O)C2O. The normalized spacial score (nSPS) is 28.3. The number of amides is 1. The molecule has 14 nitrogen and oxygen atoms in total. The molecule has 4 aromatic heterocycles. The molecule has 7 rings (SSSR count). The van der Waals surface area contributed by atoms with E-state index in [1.165, 1.54) is 24.6 Å². The smallest absolute Gasteiger partial charge is 0.256 e. The summed E-state index contributed by atoms with van der Waals surface area (Å²) in [7, 11) is 1.54. The first-order valence-electron chi connectivity index (χ1n) is 12.3. The highest BCUT2D eigenvalue weighted by Crippen LogP contribution is 2.67. The van der Waals surface area contributed by atoms with Crippen LogP contribution in [0.15, 0.2) is 31.0 Å². The highest BCUT2D eigenvalue weighted by molar-refractivity contribution is 5.88.